The summed E-state index contributed by atoms with van der Waals surface area (Å²) in [5, 5.41) is 10.0. The number of nitrogens with zero attached hydrogens (tertiary/aromatic N) is 3. The van der Waals surface area contributed by atoms with E-state index in [1.807, 2.05) is 0 Å². The van der Waals surface area contributed by atoms with Crippen molar-refractivity contribution in [1.29, 1.82) is 0 Å². The third-order valence-corrected chi connectivity index (χ3v) is 2.48. The normalized spacial score (nSPS) is 9.89. The molecule has 0 spiro atoms. The number of hydrogen-bond donors (Lipinski definition) is 3. The van der Waals surface area contributed by atoms with Crippen molar-refractivity contribution in [2.75, 3.05) is 10.7 Å². The molecule has 2 heterocycles. The van der Waals surface area contributed by atoms with Gasteiger partial charge in [-0.25, -0.2) is 10.8 Å². The number of nitrogens with one attached hydrogen (secondary N) is 2. The second kappa shape index (κ2) is 5.52. The number of nitrogen functional groups attached to an aromatic ring is 1. The first kappa shape index (κ1) is 12.4. The van der Waals surface area contributed by atoms with E-state index in [-0.39, 0.29) is 11.6 Å². The number of carbonyl (C=O) groups is 1. The standard InChI is InChI=1S/C10H9BrN6O/c11-6-1-3-8(13-5-6)14-10(18)7-2-4-9(15-12)17-16-7/h1-5H,12H2,(H,15,17)(H,13,14,18). The molecular weight excluding hydrogens is 300 g/mol. The van der Waals surface area contributed by atoms with Crippen LogP contribution in [0.2, 0.25) is 0 Å². The van der Waals surface area contributed by atoms with Crippen LogP contribution in [-0.4, -0.2) is 21.1 Å². The summed E-state index contributed by atoms with van der Waals surface area (Å²) in [6, 6.07) is 6.51. The summed E-state index contributed by atoms with van der Waals surface area (Å²) in [5.74, 6) is 5.58. The minimum absolute atomic E-state index is 0.179. The number of rotatable bonds is 3. The highest BCUT2D eigenvalue weighted by atomic mass is 79.9. The van der Waals surface area contributed by atoms with Gasteiger partial charge in [-0.1, -0.05) is 0 Å². The molecule has 0 saturated carbocycles. The molecule has 18 heavy (non-hydrogen) atoms. The van der Waals surface area contributed by atoms with Gasteiger partial charge in [0, 0.05) is 10.7 Å². The molecule has 0 aromatic carbocycles. The minimum atomic E-state index is -0.388. The van der Waals surface area contributed by atoms with Crippen LogP contribution in [0.1, 0.15) is 10.5 Å². The van der Waals surface area contributed by atoms with Gasteiger partial charge < -0.3 is 10.7 Å². The van der Waals surface area contributed by atoms with Crippen molar-refractivity contribution in [3.8, 4) is 0 Å². The Morgan fingerprint density at radius 3 is 2.50 bits per heavy atom. The maximum atomic E-state index is 11.8. The molecule has 8 heteroatoms. The lowest BCUT2D eigenvalue weighted by atomic mass is 10.3. The number of hydrogen-bond acceptors (Lipinski definition) is 6. The Kier molecular flexibility index (Phi) is 3.80. The number of amides is 1. The number of pyridine rings is 1. The van der Waals surface area contributed by atoms with E-state index in [1.54, 1.807) is 24.4 Å². The van der Waals surface area contributed by atoms with Crippen LogP contribution in [0.15, 0.2) is 34.9 Å². The number of carbonyl (C=O) groups excluding carboxylic acids is 1. The molecule has 2 aromatic rings. The summed E-state index contributed by atoms with van der Waals surface area (Å²) < 4.78 is 0.832. The molecule has 2 aromatic heterocycles. The molecule has 0 radical (unpaired) electrons. The maximum absolute atomic E-state index is 11.8. The zero-order valence-corrected chi connectivity index (χ0v) is 10.7. The van der Waals surface area contributed by atoms with E-state index in [0.717, 1.165) is 4.47 Å². The van der Waals surface area contributed by atoms with E-state index in [4.69, 9.17) is 5.84 Å². The number of aromatic nitrogens is 3. The Morgan fingerprint density at radius 2 is 1.94 bits per heavy atom. The van der Waals surface area contributed by atoms with Gasteiger partial charge in [0.1, 0.15) is 5.82 Å². The fraction of sp³-hybridized carbons (Fsp3) is 0. The fourth-order valence-electron chi connectivity index (χ4n) is 1.16. The quantitative estimate of drug-likeness (QED) is 0.580. The van der Waals surface area contributed by atoms with E-state index in [2.05, 4.69) is 41.9 Å². The fourth-order valence-corrected chi connectivity index (χ4v) is 1.40. The average Bonchev–Trinajstić information content (AvgIpc) is 2.41. The lowest BCUT2D eigenvalue weighted by Gasteiger charge is -2.03. The molecule has 0 unspecified atom stereocenters. The maximum Gasteiger partial charge on any atom is 0.277 e. The van der Waals surface area contributed by atoms with Crippen LogP contribution in [0, 0.1) is 0 Å². The van der Waals surface area contributed by atoms with Gasteiger partial charge in [-0.15, -0.1) is 10.2 Å². The molecule has 0 aliphatic carbocycles. The number of halogens is 1. The molecule has 7 nitrogen and oxygen atoms in total. The van der Waals surface area contributed by atoms with Crippen LogP contribution in [0.25, 0.3) is 0 Å². The molecule has 0 atom stereocenters. The Labute approximate surface area is 111 Å². The second-order valence-electron chi connectivity index (χ2n) is 3.26. The molecule has 0 fully saturated rings. The van der Waals surface area contributed by atoms with Gasteiger partial charge in [0.05, 0.1) is 0 Å². The highest BCUT2D eigenvalue weighted by Crippen LogP contribution is 2.11. The van der Waals surface area contributed by atoms with E-state index in [9.17, 15) is 4.79 Å². The SMILES string of the molecule is NNc1ccc(C(=O)Nc2ccc(Br)cn2)nn1. The molecule has 92 valence electrons. The predicted octanol–water partition coefficient (Wildman–Crippen LogP) is 1.17. The van der Waals surface area contributed by atoms with Crippen molar-refractivity contribution in [2.24, 2.45) is 5.84 Å². The summed E-state index contributed by atoms with van der Waals surface area (Å²) in [6.07, 6.45) is 1.59. The monoisotopic (exact) mass is 308 g/mol. The number of nitrogens with two attached hydrogens (primary N) is 1. The van der Waals surface area contributed by atoms with Gasteiger partial charge in [-0.05, 0) is 40.2 Å². The van der Waals surface area contributed by atoms with Crippen LogP contribution in [-0.2, 0) is 0 Å². The molecule has 4 N–H and O–H groups in total. The smallest absolute Gasteiger partial charge is 0.277 e. The second-order valence-corrected chi connectivity index (χ2v) is 4.18. The molecule has 0 saturated heterocycles. The Balaban J connectivity index is 2.09. The lowest BCUT2D eigenvalue weighted by Crippen LogP contribution is -2.16. The van der Waals surface area contributed by atoms with Gasteiger partial charge in [-0.3, -0.25) is 4.79 Å². The van der Waals surface area contributed by atoms with Gasteiger partial charge >= 0.3 is 0 Å². The Bertz CT molecular complexity index is 541. The van der Waals surface area contributed by atoms with Crippen LogP contribution in [0.3, 0.4) is 0 Å². The first-order valence-corrected chi connectivity index (χ1v) is 5.71. The zero-order valence-electron chi connectivity index (χ0n) is 9.09. The third kappa shape index (κ3) is 2.99. The van der Waals surface area contributed by atoms with E-state index < -0.39 is 0 Å². The highest BCUT2D eigenvalue weighted by molar-refractivity contribution is 9.10. The first-order valence-electron chi connectivity index (χ1n) is 4.92. The molecule has 0 bridgehead atoms. The van der Waals surface area contributed by atoms with Crippen LogP contribution in [0.5, 0.6) is 0 Å². The van der Waals surface area contributed by atoms with Crippen molar-refractivity contribution in [3.63, 3.8) is 0 Å². The lowest BCUT2D eigenvalue weighted by molar-refractivity contribution is 0.102. The molecule has 1 amide bonds. The molecular formula is C10H9BrN6O. The van der Waals surface area contributed by atoms with Crippen molar-refractivity contribution in [2.45, 2.75) is 0 Å². The summed E-state index contributed by atoms with van der Waals surface area (Å²) in [7, 11) is 0. The van der Waals surface area contributed by atoms with Crippen molar-refractivity contribution >= 4 is 33.5 Å². The van der Waals surface area contributed by atoms with Crippen molar-refractivity contribution < 1.29 is 4.79 Å². The largest absolute Gasteiger partial charge is 0.307 e. The Hall–Kier alpha value is -2.06. The van der Waals surface area contributed by atoms with E-state index in [0.29, 0.717) is 11.6 Å². The van der Waals surface area contributed by atoms with Crippen molar-refractivity contribution in [1.82, 2.24) is 15.2 Å². The number of anilines is 2. The molecule has 2 rings (SSSR count). The van der Waals surface area contributed by atoms with Crippen LogP contribution >= 0.6 is 15.9 Å². The zero-order chi connectivity index (χ0) is 13.0. The summed E-state index contributed by atoms with van der Waals surface area (Å²) >= 11 is 3.26. The van der Waals surface area contributed by atoms with Crippen LogP contribution in [0.4, 0.5) is 11.6 Å². The van der Waals surface area contributed by atoms with Crippen LogP contribution < -0.4 is 16.6 Å². The summed E-state index contributed by atoms with van der Waals surface area (Å²) in [6.45, 7) is 0. The van der Waals surface area contributed by atoms with Crippen molar-refractivity contribution in [3.05, 3.63) is 40.6 Å². The Morgan fingerprint density at radius 1 is 1.17 bits per heavy atom. The average molecular weight is 309 g/mol. The third-order valence-electron chi connectivity index (χ3n) is 2.01. The summed E-state index contributed by atoms with van der Waals surface area (Å²) in [5.41, 5.74) is 2.51. The predicted molar refractivity (Wildman–Crippen MR) is 69.7 cm³/mol. The van der Waals surface area contributed by atoms with Gasteiger partial charge in [-0.2, -0.15) is 0 Å². The summed E-state index contributed by atoms with van der Waals surface area (Å²) in [4.78, 5) is 15.8. The van der Waals surface area contributed by atoms with Gasteiger partial charge in [0.15, 0.2) is 11.5 Å². The van der Waals surface area contributed by atoms with Gasteiger partial charge in [0.25, 0.3) is 5.91 Å². The van der Waals surface area contributed by atoms with E-state index >= 15 is 0 Å². The van der Waals surface area contributed by atoms with E-state index in [1.165, 1.54) is 6.07 Å². The first-order chi connectivity index (χ1) is 8.69. The topological polar surface area (TPSA) is 106 Å². The molecule has 0 aliphatic rings. The highest BCUT2D eigenvalue weighted by Gasteiger charge is 2.08. The molecule has 0 aliphatic heterocycles. The van der Waals surface area contributed by atoms with Gasteiger partial charge in [0.2, 0.25) is 0 Å². The number of hydrazine groups is 1. The minimum Gasteiger partial charge on any atom is -0.307 e.